The first-order chi connectivity index (χ1) is 19.4. The molecule has 3 aromatic heterocycles. The first-order valence-electron chi connectivity index (χ1n) is 13.8. The van der Waals surface area contributed by atoms with Crippen molar-refractivity contribution in [3.05, 3.63) is 39.6 Å². The quantitative estimate of drug-likeness (QED) is 0.372. The van der Waals surface area contributed by atoms with Gasteiger partial charge < -0.3 is 19.9 Å². The Hall–Kier alpha value is -4.08. The first-order valence-corrected chi connectivity index (χ1v) is 13.8. The van der Waals surface area contributed by atoms with Crippen molar-refractivity contribution in [1.82, 2.24) is 39.9 Å². The fourth-order valence-corrected chi connectivity index (χ4v) is 5.91. The highest BCUT2D eigenvalue weighted by Gasteiger charge is 2.28. The van der Waals surface area contributed by atoms with Crippen LogP contribution in [-0.4, -0.2) is 86.5 Å². The van der Waals surface area contributed by atoms with Gasteiger partial charge in [-0.25, -0.2) is 4.98 Å². The minimum Gasteiger partial charge on any atom is -0.462 e. The Labute approximate surface area is 232 Å². The number of nitriles is 1. The van der Waals surface area contributed by atoms with Gasteiger partial charge in [0.2, 0.25) is 0 Å². The lowest BCUT2D eigenvalue weighted by atomic mass is 10.0. The number of hydrogen-bond acceptors (Lipinski definition) is 10. The Kier molecular flexibility index (Phi) is 6.85. The molecule has 2 aliphatic rings. The summed E-state index contributed by atoms with van der Waals surface area (Å²) in [6.45, 7) is 9.25. The van der Waals surface area contributed by atoms with Crippen LogP contribution in [0.5, 0.6) is 6.01 Å². The van der Waals surface area contributed by atoms with E-state index in [1.807, 2.05) is 26.8 Å². The van der Waals surface area contributed by atoms with Crippen molar-refractivity contribution in [2.45, 2.75) is 52.1 Å². The largest absolute Gasteiger partial charge is 0.462 e. The molecule has 0 bridgehead atoms. The number of hydrogen-bond donors (Lipinski definition) is 2. The number of anilines is 1. The molecule has 2 saturated heterocycles. The summed E-state index contributed by atoms with van der Waals surface area (Å²) in [6, 6.07) is 4.72. The number of aromatic amines is 1. The van der Waals surface area contributed by atoms with Crippen LogP contribution in [0.25, 0.3) is 27.6 Å². The van der Waals surface area contributed by atoms with Crippen molar-refractivity contribution in [2.75, 3.05) is 44.7 Å². The Morgan fingerprint density at radius 3 is 2.80 bits per heavy atom. The molecule has 208 valence electrons. The number of aromatic nitrogens is 6. The third-order valence-corrected chi connectivity index (χ3v) is 8.27. The van der Waals surface area contributed by atoms with E-state index in [2.05, 4.69) is 43.4 Å². The van der Waals surface area contributed by atoms with Gasteiger partial charge in [-0.3, -0.25) is 14.5 Å². The van der Waals surface area contributed by atoms with Gasteiger partial charge >= 0.3 is 6.01 Å². The van der Waals surface area contributed by atoms with E-state index in [9.17, 15) is 10.1 Å². The van der Waals surface area contributed by atoms with Crippen LogP contribution in [0.1, 0.15) is 36.2 Å². The molecule has 2 aliphatic heterocycles. The van der Waals surface area contributed by atoms with Gasteiger partial charge in [-0.2, -0.15) is 20.3 Å². The predicted octanol–water partition coefficient (Wildman–Crippen LogP) is 2.14. The standard InChI is InChI=1S/C28H34N10O2/c1-16-12-22-21(13-31-35-22)25(17(16)2)38-18(3)32-23-24(27(38)39)33-28(40-15-20-6-5-10-36(20)4)34-26(23)37-11-9-30-19(14-37)7-8-29/h12-13,19-20,30H,5-7,9-11,14-15H2,1-4H3,(H,31,35). The molecule has 4 aromatic rings. The molecule has 1 aromatic carbocycles. The minimum atomic E-state index is -0.283. The number of likely N-dealkylation sites (N-methyl/N-ethyl adjacent to an activating group) is 1. The highest BCUT2D eigenvalue weighted by atomic mass is 16.5. The summed E-state index contributed by atoms with van der Waals surface area (Å²) in [6.07, 6.45) is 4.29. The SMILES string of the molecule is Cc1cc2[nH]ncc2c(-n2c(C)nc3c(N4CCNC(CC#N)C4)nc(OCC4CCCN4C)nc3c2=O)c1C. The van der Waals surface area contributed by atoms with Crippen LogP contribution < -0.4 is 20.5 Å². The summed E-state index contributed by atoms with van der Waals surface area (Å²) in [4.78, 5) is 33.1. The normalized spacial score (nSPS) is 19.9. The molecule has 12 heteroatoms. The maximum atomic E-state index is 14.3. The molecule has 0 radical (unpaired) electrons. The molecule has 2 atom stereocenters. The Balaban J connectivity index is 1.52. The fraction of sp³-hybridized carbons (Fsp3) is 0.500. The van der Waals surface area contributed by atoms with E-state index < -0.39 is 0 Å². The van der Waals surface area contributed by atoms with Crippen LogP contribution >= 0.6 is 0 Å². The predicted molar refractivity (Wildman–Crippen MR) is 152 cm³/mol. The van der Waals surface area contributed by atoms with Crippen LogP contribution in [0.15, 0.2) is 17.1 Å². The molecule has 0 amide bonds. The average molecular weight is 543 g/mol. The van der Waals surface area contributed by atoms with Gasteiger partial charge in [0.25, 0.3) is 5.56 Å². The van der Waals surface area contributed by atoms with Crippen molar-refractivity contribution in [3.63, 3.8) is 0 Å². The maximum Gasteiger partial charge on any atom is 0.319 e. The molecular weight excluding hydrogens is 508 g/mol. The Morgan fingerprint density at radius 2 is 2.02 bits per heavy atom. The molecule has 40 heavy (non-hydrogen) atoms. The van der Waals surface area contributed by atoms with Gasteiger partial charge in [0.05, 0.1) is 29.9 Å². The summed E-state index contributed by atoms with van der Waals surface area (Å²) in [7, 11) is 2.09. The van der Waals surface area contributed by atoms with Gasteiger partial charge in [0.15, 0.2) is 11.3 Å². The van der Waals surface area contributed by atoms with Crippen LogP contribution in [-0.2, 0) is 0 Å². The van der Waals surface area contributed by atoms with E-state index in [1.54, 1.807) is 10.8 Å². The highest BCUT2D eigenvalue weighted by Crippen LogP contribution is 2.30. The van der Waals surface area contributed by atoms with E-state index in [4.69, 9.17) is 14.7 Å². The summed E-state index contributed by atoms with van der Waals surface area (Å²) in [5, 5.41) is 20.8. The van der Waals surface area contributed by atoms with Gasteiger partial charge in [0, 0.05) is 37.1 Å². The first kappa shape index (κ1) is 26.2. The van der Waals surface area contributed by atoms with E-state index in [1.165, 1.54) is 0 Å². The zero-order chi connectivity index (χ0) is 28.0. The number of H-pyrrole nitrogens is 1. The van der Waals surface area contributed by atoms with E-state index >= 15 is 0 Å². The maximum absolute atomic E-state index is 14.3. The third kappa shape index (κ3) is 4.55. The molecular formula is C28H34N10O2. The second kappa shape index (κ2) is 10.5. The summed E-state index contributed by atoms with van der Waals surface area (Å²) in [5.74, 6) is 1.09. The Morgan fingerprint density at radius 1 is 1.18 bits per heavy atom. The van der Waals surface area contributed by atoms with E-state index in [0.717, 1.165) is 47.1 Å². The van der Waals surface area contributed by atoms with Crippen molar-refractivity contribution < 1.29 is 4.74 Å². The number of nitrogens with zero attached hydrogens (tertiary/aromatic N) is 8. The zero-order valence-electron chi connectivity index (χ0n) is 23.4. The van der Waals surface area contributed by atoms with Crippen LogP contribution in [0.2, 0.25) is 0 Å². The summed E-state index contributed by atoms with van der Waals surface area (Å²) in [5.41, 5.74) is 3.96. The second-order valence-electron chi connectivity index (χ2n) is 10.9. The van der Waals surface area contributed by atoms with E-state index in [-0.39, 0.29) is 29.2 Å². The number of nitrogens with one attached hydrogen (secondary N) is 2. The smallest absolute Gasteiger partial charge is 0.319 e. The molecule has 0 saturated carbocycles. The molecule has 6 rings (SSSR count). The van der Waals surface area contributed by atoms with Crippen molar-refractivity contribution in [3.8, 4) is 17.8 Å². The number of benzene rings is 1. The molecule has 5 heterocycles. The molecule has 2 N–H and O–H groups in total. The number of ether oxygens (including phenoxy) is 1. The minimum absolute atomic E-state index is 0.00828. The lowest BCUT2D eigenvalue weighted by Crippen LogP contribution is -2.51. The third-order valence-electron chi connectivity index (χ3n) is 8.27. The fourth-order valence-electron chi connectivity index (χ4n) is 5.91. The molecule has 2 unspecified atom stereocenters. The van der Waals surface area contributed by atoms with Gasteiger partial charge in [-0.05, 0) is 64.4 Å². The highest BCUT2D eigenvalue weighted by molar-refractivity contribution is 5.91. The second-order valence-corrected chi connectivity index (χ2v) is 10.9. The summed E-state index contributed by atoms with van der Waals surface area (Å²) < 4.78 is 7.79. The molecule has 0 aliphatic carbocycles. The molecule has 12 nitrogen and oxygen atoms in total. The van der Waals surface area contributed by atoms with Crippen LogP contribution in [0.3, 0.4) is 0 Å². The van der Waals surface area contributed by atoms with Gasteiger partial charge in [-0.1, -0.05) is 0 Å². The average Bonchev–Trinajstić information content (AvgIpc) is 3.58. The Bertz CT molecular complexity index is 1690. The number of piperazine rings is 1. The van der Waals surface area contributed by atoms with Crippen LogP contribution in [0, 0.1) is 32.1 Å². The van der Waals surface area contributed by atoms with Gasteiger partial charge in [0.1, 0.15) is 17.9 Å². The van der Waals surface area contributed by atoms with Gasteiger partial charge in [-0.15, -0.1) is 0 Å². The van der Waals surface area contributed by atoms with Crippen molar-refractivity contribution in [1.29, 1.82) is 5.26 Å². The number of fused-ring (bicyclic) bond motifs is 2. The zero-order valence-corrected chi connectivity index (χ0v) is 23.4. The van der Waals surface area contributed by atoms with Crippen molar-refractivity contribution >= 4 is 27.8 Å². The number of aryl methyl sites for hydroxylation is 2. The summed E-state index contributed by atoms with van der Waals surface area (Å²) >= 11 is 0. The number of likely N-dealkylation sites (tertiary alicyclic amines) is 1. The van der Waals surface area contributed by atoms with Crippen molar-refractivity contribution in [2.24, 2.45) is 0 Å². The van der Waals surface area contributed by atoms with Crippen LogP contribution in [0.4, 0.5) is 5.82 Å². The molecule has 2 fully saturated rings. The molecule has 0 spiro atoms. The topological polar surface area (TPSA) is 141 Å². The van der Waals surface area contributed by atoms with E-state index in [0.29, 0.717) is 49.8 Å². The lowest BCUT2D eigenvalue weighted by molar-refractivity contribution is 0.188. The monoisotopic (exact) mass is 542 g/mol. The number of rotatable bonds is 6. The lowest BCUT2D eigenvalue weighted by Gasteiger charge is -2.34.